The summed E-state index contributed by atoms with van der Waals surface area (Å²) in [4.78, 5) is 2.48. The zero-order valence-corrected chi connectivity index (χ0v) is 16.5. The monoisotopic (exact) mass is 404 g/mol. The third-order valence-corrected chi connectivity index (χ3v) is 7.31. The minimum Gasteiger partial charge on any atom is -0.303 e. The Bertz CT molecular complexity index is 767. The lowest BCUT2D eigenvalue weighted by Gasteiger charge is -2.24. The van der Waals surface area contributed by atoms with Crippen LogP contribution in [0.4, 0.5) is 18.9 Å². The Balaban J connectivity index is 1.63. The Labute approximate surface area is 159 Å². The number of anilines is 1. The van der Waals surface area contributed by atoms with Crippen LogP contribution in [0.25, 0.3) is 0 Å². The molecule has 1 heterocycles. The number of nitrogens with zero attached hydrogens (tertiary/aromatic N) is 1. The molecule has 1 saturated carbocycles. The summed E-state index contributed by atoms with van der Waals surface area (Å²) in [7, 11) is -5.39. The van der Waals surface area contributed by atoms with Crippen LogP contribution in [0.1, 0.15) is 45.1 Å². The maximum Gasteiger partial charge on any atom is 0.516 e. The highest BCUT2D eigenvalue weighted by Gasteiger charge is 2.65. The van der Waals surface area contributed by atoms with E-state index in [9.17, 15) is 21.6 Å². The van der Waals surface area contributed by atoms with Crippen molar-refractivity contribution in [3.63, 3.8) is 0 Å². The highest BCUT2D eigenvalue weighted by Crippen LogP contribution is 2.63. The maximum atomic E-state index is 12.6. The number of halogens is 3. The lowest BCUT2D eigenvalue weighted by Crippen LogP contribution is -2.31. The number of hydrogen-bond donors (Lipinski definition) is 1. The molecule has 27 heavy (non-hydrogen) atoms. The first-order valence-corrected chi connectivity index (χ1v) is 11.0. The van der Waals surface area contributed by atoms with E-state index in [1.165, 1.54) is 31.7 Å². The van der Waals surface area contributed by atoms with E-state index in [1.54, 1.807) is 16.9 Å². The number of nitrogens with one attached hydrogen (secondary N) is 1. The van der Waals surface area contributed by atoms with Crippen molar-refractivity contribution in [2.75, 3.05) is 24.4 Å². The average molecular weight is 404 g/mol. The summed E-state index contributed by atoms with van der Waals surface area (Å²) in [6.07, 6.45) is 4.94. The van der Waals surface area contributed by atoms with E-state index in [2.05, 4.69) is 18.7 Å². The summed E-state index contributed by atoms with van der Waals surface area (Å²) in [6.45, 7) is 7.44. The minimum absolute atomic E-state index is 0.0348. The van der Waals surface area contributed by atoms with Gasteiger partial charge in [0.1, 0.15) is 0 Å². The van der Waals surface area contributed by atoms with Crippen LogP contribution < -0.4 is 4.72 Å². The number of fused-ring (bicyclic) bond motifs is 1. The number of hydrogen-bond acceptors (Lipinski definition) is 3. The molecule has 1 aliphatic heterocycles. The molecular weight excluding hydrogens is 377 g/mol. The lowest BCUT2D eigenvalue weighted by molar-refractivity contribution is -0.0429. The van der Waals surface area contributed by atoms with Crippen LogP contribution in [0.2, 0.25) is 0 Å². The van der Waals surface area contributed by atoms with Gasteiger partial charge in [-0.05, 0) is 42.5 Å². The van der Waals surface area contributed by atoms with Gasteiger partial charge in [0.25, 0.3) is 0 Å². The van der Waals surface area contributed by atoms with Gasteiger partial charge in [0.05, 0.1) is 0 Å². The van der Waals surface area contributed by atoms with E-state index in [0.717, 1.165) is 25.2 Å². The maximum absolute atomic E-state index is 12.6. The van der Waals surface area contributed by atoms with Crippen molar-refractivity contribution in [3.8, 4) is 0 Å². The molecule has 3 rings (SSSR count). The van der Waals surface area contributed by atoms with Gasteiger partial charge in [-0.3, -0.25) is 4.72 Å². The van der Waals surface area contributed by atoms with Crippen molar-refractivity contribution in [2.45, 2.75) is 50.5 Å². The van der Waals surface area contributed by atoms with E-state index in [4.69, 9.17) is 0 Å². The van der Waals surface area contributed by atoms with E-state index in [0.29, 0.717) is 11.8 Å². The van der Waals surface area contributed by atoms with Gasteiger partial charge in [-0.25, -0.2) is 0 Å². The summed E-state index contributed by atoms with van der Waals surface area (Å²) in [6, 6.07) is 6.40. The third kappa shape index (κ3) is 3.97. The molecule has 0 spiro atoms. The molecule has 2 unspecified atom stereocenters. The molecule has 0 radical (unpaired) electrons. The summed E-state index contributed by atoms with van der Waals surface area (Å²) in [5, 5.41) is 0. The molecule has 2 fully saturated rings. The quantitative estimate of drug-likeness (QED) is 0.656. The second-order valence-corrected chi connectivity index (χ2v) is 9.62. The molecule has 0 bridgehead atoms. The molecule has 0 amide bonds. The first-order valence-electron chi connectivity index (χ1n) is 9.51. The van der Waals surface area contributed by atoms with Gasteiger partial charge in [0.2, 0.25) is 0 Å². The van der Waals surface area contributed by atoms with E-state index < -0.39 is 15.5 Å². The Morgan fingerprint density at radius 3 is 2.44 bits per heavy atom. The number of alkyl halides is 3. The van der Waals surface area contributed by atoms with Gasteiger partial charge >= 0.3 is 15.5 Å². The summed E-state index contributed by atoms with van der Waals surface area (Å²) in [5.74, 6) is 0.969. The fourth-order valence-electron chi connectivity index (χ4n) is 4.47. The number of unbranched alkanes of at least 4 members (excludes halogenated alkanes) is 3. The smallest absolute Gasteiger partial charge is 0.303 e. The number of sulfonamides is 1. The highest BCUT2D eigenvalue weighted by atomic mass is 32.2. The number of benzene rings is 1. The Hall–Kier alpha value is -1.28. The molecule has 152 valence electrons. The molecule has 4 nitrogen and oxygen atoms in total. The van der Waals surface area contributed by atoms with Crippen molar-refractivity contribution < 1.29 is 21.6 Å². The Kier molecular flexibility index (Phi) is 5.51. The van der Waals surface area contributed by atoms with Crippen LogP contribution in [-0.2, 0) is 15.4 Å². The molecule has 1 aliphatic carbocycles. The molecule has 0 aromatic heterocycles. The summed E-state index contributed by atoms with van der Waals surface area (Å²) in [5.41, 5.74) is -4.53. The highest BCUT2D eigenvalue weighted by molar-refractivity contribution is 7.93. The van der Waals surface area contributed by atoms with Crippen molar-refractivity contribution in [2.24, 2.45) is 11.8 Å². The number of rotatable bonds is 8. The van der Waals surface area contributed by atoms with Crippen LogP contribution >= 0.6 is 0 Å². The number of likely N-dealkylation sites (tertiary alicyclic amines) is 1. The largest absolute Gasteiger partial charge is 0.516 e. The Morgan fingerprint density at radius 2 is 1.85 bits per heavy atom. The van der Waals surface area contributed by atoms with E-state index >= 15 is 0 Å². The number of piperidine rings is 1. The second kappa shape index (κ2) is 7.28. The first kappa shape index (κ1) is 20.5. The fourth-order valence-corrected chi connectivity index (χ4v) is 5.02. The van der Waals surface area contributed by atoms with E-state index in [1.807, 2.05) is 6.07 Å². The summed E-state index contributed by atoms with van der Waals surface area (Å²) >= 11 is 0. The van der Waals surface area contributed by atoms with Crippen LogP contribution in [0.3, 0.4) is 0 Å². The molecule has 2 aliphatic rings. The van der Waals surface area contributed by atoms with Crippen molar-refractivity contribution in [3.05, 3.63) is 29.8 Å². The Morgan fingerprint density at radius 1 is 1.19 bits per heavy atom. The predicted octanol–water partition coefficient (Wildman–Crippen LogP) is 4.35. The predicted molar refractivity (Wildman–Crippen MR) is 100.0 cm³/mol. The molecule has 1 aromatic carbocycles. The molecule has 2 atom stereocenters. The van der Waals surface area contributed by atoms with Crippen LogP contribution in [0.15, 0.2) is 24.3 Å². The van der Waals surface area contributed by atoms with Gasteiger partial charge in [-0.2, -0.15) is 21.6 Å². The van der Waals surface area contributed by atoms with Gasteiger partial charge in [0, 0.05) is 24.2 Å². The third-order valence-electron chi connectivity index (χ3n) is 6.20. The lowest BCUT2D eigenvalue weighted by atomic mass is 9.92. The van der Waals surface area contributed by atoms with Crippen LogP contribution in [0, 0.1) is 11.8 Å². The molecule has 1 aromatic rings. The van der Waals surface area contributed by atoms with Crippen molar-refractivity contribution >= 4 is 15.7 Å². The van der Waals surface area contributed by atoms with Crippen LogP contribution in [-0.4, -0.2) is 38.5 Å². The second-order valence-electron chi connectivity index (χ2n) is 7.95. The van der Waals surface area contributed by atoms with Gasteiger partial charge < -0.3 is 4.90 Å². The topological polar surface area (TPSA) is 49.4 Å². The van der Waals surface area contributed by atoms with Crippen molar-refractivity contribution in [1.82, 2.24) is 4.90 Å². The van der Waals surface area contributed by atoms with Gasteiger partial charge in [-0.1, -0.05) is 45.2 Å². The van der Waals surface area contributed by atoms with Crippen molar-refractivity contribution in [1.29, 1.82) is 0 Å². The molecule has 8 heteroatoms. The molecule has 1 N–H and O–H groups in total. The zero-order chi connectivity index (χ0) is 19.9. The van der Waals surface area contributed by atoms with Gasteiger partial charge in [0.15, 0.2) is 0 Å². The zero-order valence-electron chi connectivity index (χ0n) is 15.7. The summed E-state index contributed by atoms with van der Waals surface area (Å²) < 4.78 is 62.1. The SMILES string of the molecule is CCCCCCN1CC2C(C1)C2(C)c1cccc(NS(=O)(=O)C(F)(F)F)c1. The molecule has 1 saturated heterocycles. The normalized spacial score (nSPS) is 28.2. The van der Waals surface area contributed by atoms with Gasteiger partial charge in [-0.15, -0.1) is 0 Å². The minimum atomic E-state index is -5.39. The average Bonchev–Trinajstić information content (AvgIpc) is 2.93. The first-order chi connectivity index (χ1) is 12.6. The standard InChI is InChI=1S/C19H27F3N2O2S/c1-3-4-5-6-10-24-12-16-17(13-24)18(16,2)14-8-7-9-15(11-14)23-27(25,26)19(20,21)22/h7-9,11,16-17,23H,3-6,10,12-13H2,1-2H3. The van der Waals surface area contributed by atoms with Crippen LogP contribution in [0.5, 0.6) is 0 Å². The van der Waals surface area contributed by atoms with E-state index in [-0.39, 0.29) is 11.1 Å². The molecular formula is C19H27F3N2O2S. The fraction of sp³-hybridized carbons (Fsp3) is 0.684.